The molecule has 0 radical (unpaired) electrons. The first-order valence-corrected chi connectivity index (χ1v) is 6.06. The van der Waals surface area contributed by atoms with E-state index >= 15 is 0 Å². The Morgan fingerprint density at radius 2 is 1.94 bits per heavy atom. The Kier molecular flexibility index (Phi) is 4.25. The highest BCUT2D eigenvalue weighted by molar-refractivity contribution is 5.49. The molecule has 18 heavy (non-hydrogen) atoms. The molecule has 2 N–H and O–H groups in total. The minimum absolute atomic E-state index is 0.462. The lowest BCUT2D eigenvalue weighted by Crippen LogP contribution is -2.23. The average Bonchev–Trinajstić information content (AvgIpc) is 2.45. The largest absolute Gasteiger partial charge is 0.373 e. The lowest BCUT2D eigenvalue weighted by atomic mass is 10.2. The zero-order valence-corrected chi connectivity index (χ0v) is 10.6. The molecule has 0 unspecified atom stereocenters. The number of likely N-dealkylation sites (N-methyl/N-ethyl adjacent to an activating group) is 1. The smallest absolute Gasteiger partial charge is 0.0772 e. The maximum atomic E-state index is 5.69. The van der Waals surface area contributed by atoms with E-state index in [-0.39, 0.29) is 0 Å². The van der Waals surface area contributed by atoms with Crippen LogP contribution in [0.3, 0.4) is 0 Å². The van der Waals surface area contributed by atoms with Gasteiger partial charge in [-0.2, -0.15) is 0 Å². The molecule has 2 rings (SSSR count). The summed E-state index contributed by atoms with van der Waals surface area (Å²) in [7, 11) is 2.05. The van der Waals surface area contributed by atoms with E-state index in [1.165, 1.54) is 0 Å². The molecular weight excluding hydrogens is 224 g/mol. The van der Waals surface area contributed by atoms with Crippen molar-refractivity contribution in [3.8, 4) is 0 Å². The molecular formula is C14H18N4. The van der Waals surface area contributed by atoms with Crippen LogP contribution in [0.1, 0.15) is 11.4 Å². The molecule has 4 nitrogen and oxygen atoms in total. The number of rotatable bonds is 5. The monoisotopic (exact) mass is 242 g/mol. The molecule has 0 saturated heterocycles. The second-order valence-electron chi connectivity index (χ2n) is 4.17. The van der Waals surface area contributed by atoms with Gasteiger partial charge in [-0.15, -0.1) is 0 Å². The Morgan fingerprint density at radius 3 is 2.67 bits per heavy atom. The maximum Gasteiger partial charge on any atom is 0.0772 e. The van der Waals surface area contributed by atoms with Gasteiger partial charge in [-0.05, 0) is 24.3 Å². The molecule has 0 aliphatic heterocycles. The lowest BCUT2D eigenvalue weighted by Gasteiger charge is -2.21. The van der Waals surface area contributed by atoms with Crippen molar-refractivity contribution in [1.82, 2.24) is 9.97 Å². The Balaban J connectivity index is 2.01. The fourth-order valence-corrected chi connectivity index (χ4v) is 1.88. The fourth-order valence-electron chi connectivity index (χ4n) is 1.88. The highest BCUT2D eigenvalue weighted by Crippen LogP contribution is 2.16. The van der Waals surface area contributed by atoms with Crippen molar-refractivity contribution >= 4 is 5.69 Å². The van der Waals surface area contributed by atoms with Crippen LogP contribution in [-0.4, -0.2) is 23.6 Å². The topological polar surface area (TPSA) is 55.0 Å². The zero-order chi connectivity index (χ0) is 12.8. The second-order valence-corrected chi connectivity index (χ2v) is 4.17. The summed E-state index contributed by atoms with van der Waals surface area (Å²) in [5.41, 5.74) is 8.82. The van der Waals surface area contributed by atoms with Gasteiger partial charge in [-0.1, -0.05) is 6.07 Å². The Labute approximate surface area is 107 Å². The van der Waals surface area contributed by atoms with E-state index in [2.05, 4.69) is 21.9 Å². The molecule has 0 amide bonds. The number of nitrogens with two attached hydrogens (primary N) is 1. The van der Waals surface area contributed by atoms with Gasteiger partial charge in [0, 0.05) is 44.6 Å². The third-order valence-electron chi connectivity index (χ3n) is 2.90. The molecule has 2 aromatic heterocycles. The minimum atomic E-state index is 0.462. The molecule has 2 aromatic rings. The first kappa shape index (κ1) is 12.5. The van der Waals surface area contributed by atoms with Gasteiger partial charge in [0.25, 0.3) is 0 Å². The van der Waals surface area contributed by atoms with Crippen LogP contribution in [0.4, 0.5) is 5.69 Å². The number of hydrogen-bond donors (Lipinski definition) is 1. The van der Waals surface area contributed by atoms with Crippen molar-refractivity contribution < 1.29 is 0 Å². The van der Waals surface area contributed by atoms with Gasteiger partial charge in [0.15, 0.2) is 0 Å². The molecule has 0 aliphatic rings. The van der Waals surface area contributed by atoms with Crippen LogP contribution in [0, 0.1) is 0 Å². The molecule has 94 valence electrons. The van der Waals surface area contributed by atoms with E-state index in [4.69, 9.17) is 5.73 Å². The highest BCUT2D eigenvalue weighted by Gasteiger charge is 2.07. The maximum absolute atomic E-state index is 5.69. The van der Waals surface area contributed by atoms with Gasteiger partial charge in [0.1, 0.15) is 0 Å². The Morgan fingerprint density at radius 1 is 1.11 bits per heavy atom. The molecule has 2 heterocycles. The molecule has 0 atom stereocenters. The first-order chi connectivity index (χ1) is 8.81. The minimum Gasteiger partial charge on any atom is -0.373 e. The van der Waals surface area contributed by atoms with E-state index in [9.17, 15) is 0 Å². The van der Waals surface area contributed by atoms with Gasteiger partial charge in [-0.3, -0.25) is 9.97 Å². The Hall–Kier alpha value is -1.94. The molecule has 0 bridgehead atoms. The van der Waals surface area contributed by atoms with Crippen LogP contribution < -0.4 is 10.6 Å². The Bertz CT molecular complexity index is 484. The van der Waals surface area contributed by atoms with Crippen LogP contribution in [0.5, 0.6) is 0 Å². The van der Waals surface area contributed by atoms with Gasteiger partial charge in [-0.25, -0.2) is 0 Å². The quantitative estimate of drug-likeness (QED) is 0.865. The molecule has 0 aliphatic carbocycles. The predicted octanol–water partition coefficient (Wildman–Crippen LogP) is 1.61. The van der Waals surface area contributed by atoms with Crippen LogP contribution in [0.15, 0.2) is 42.7 Å². The standard InChI is InChI=1S/C14H18N4/c1-18(10-7-12-5-2-3-8-16-12)14-6-4-9-17-13(14)11-15/h2-6,8-9H,7,10-11,15H2,1H3. The van der Waals surface area contributed by atoms with Gasteiger partial charge in [0.2, 0.25) is 0 Å². The van der Waals surface area contributed by atoms with E-state index < -0.39 is 0 Å². The van der Waals surface area contributed by atoms with Crippen molar-refractivity contribution in [2.75, 3.05) is 18.5 Å². The second kappa shape index (κ2) is 6.12. The third-order valence-corrected chi connectivity index (χ3v) is 2.90. The fraction of sp³-hybridized carbons (Fsp3) is 0.286. The van der Waals surface area contributed by atoms with E-state index in [1.54, 1.807) is 6.20 Å². The summed E-state index contributed by atoms with van der Waals surface area (Å²) >= 11 is 0. The van der Waals surface area contributed by atoms with Gasteiger partial charge < -0.3 is 10.6 Å². The van der Waals surface area contributed by atoms with Crippen molar-refractivity contribution in [3.63, 3.8) is 0 Å². The molecule has 0 aromatic carbocycles. The summed E-state index contributed by atoms with van der Waals surface area (Å²) in [6.45, 7) is 1.36. The number of hydrogen-bond acceptors (Lipinski definition) is 4. The predicted molar refractivity (Wildman–Crippen MR) is 73.3 cm³/mol. The zero-order valence-electron chi connectivity index (χ0n) is 10.6. The summed E-state index contributed by atoms with van der Waals surface area (Å²) in [6, 6.07) is 9.97. The summed E-state index contributed by atoms with van der Waals surface area (Å²) in [5, 5.41) is 0. The lowest BCUT2D eigenvalue weighted by molar-refractivity contribution is 0.836. The summed E-state index contributed by atoms with van der Waals surface area (Å²) < 4.78 is 0. The molecule has 4 heteroatoms. The van der Waals surface area contributed by atoms with Crippen molar-refractivity contribution in [1.29, 1.82) is 0 Å². The van der Waals surface area contributed by atoms with Crippen LogP contribution in [0.2, 0.25) is 0 Å². The number of nitrogens with zero attached hydrogens (tertiary/aromatic N) is 3. The summed E-state index contributed by atoms with van der Waals surface area (Å²) in [5.74, 6) is 0. The SMILES string of the molecule is CN(CCc1ccccn1)c1cccnc1CN. The highest BCUT2D eigenvalue weighted by atomic mass is 15.1. The normalized spacial score (nSPS) is 10.3. The van der Waals surface area contributed by atoms with Crippen molar-refractivity contribution in [2.24, 2.45) is 5.73 Å². The van der Waals surface area contributed by atoms with E-state index in [1.807, 2.05) is 36.5 Å². The third kappa shape index (κ3) is 3.05. The van der Waals surface area contributed by atoms with Crippen LogP contribution in [-0.2, 0) is 13.0 Å². The van der Waals surface area contributed by atoms with Gasteiger partial charge >= 0.3 is 0 Å². The van der Waals surface area contributed by atoms with Crippen LogP contribution >= 0.6 is 0 Å². The number of aromatic nitrogens is 2. The molecule has 0 spiro atoms. The summed E-state index contributed by atoms with van der Waals surface area (Å²) in [6.07, 6.45) is 4.51. The van der Waals surface area contributed by atoms with Crippen molar-refractivity contribution in [2.45, 2.75) is 13.0 Å². The first-order valence-electron chi connectivity index (χ1n) is 6.06. The van der Waals surface area contributed by atoms with Gasteiger partial charge in [0.05, 0.1) is 11.4 Å². The molecule has 0 saturated carbocycles. The number of pyridine rings is 2. The van der Waals surface area contributed by atoms with Crippen LogP contribution in [0.25, 0.3) is 0 Å². The average molecular weight is 242 g/mol. The van der Waals surface area contributed by atoms with E-state index in [0.717, 1.165) is 30.0 Å². The number of anilines is 1. The van der Waals surface area contributed by atoms with E-state index in [0.29, 0.717) is 6.54 Å². The molecule has 0 fully saturated rings. The van der Waals surface area contributed by atoms with Crippen molar-refractivity contribution in [3.05, 3.63) is 54.1 Å². The summed E-state index contributed by atoms with van der Waals surface area (Å²) in [4.78, 5) is 10.8.